The first-order chi connectivity index (χ1) is 14.2. The molecule has 3 rings (SSSR count). The van der Waals surface area contributed by atoms with Gasteiger partial charge in [0.1, 0.15) is 43.5 Å². The fourth-order valence-electron chi connectivity index (χ4n) is 3.45. The second-order valence-corrected chi connectivity index (χ2v) is 8.87. The fraction of sp³-hybridized carbons (Fsp3) is 0.474. The van der Waals surface area contributed by atoms with Crippen molar-refractivity contribution in [3.8, 4) is 0 Å². The zero-order valence-electron chi connectivity index (χ0n) is 16.9. The zero-order chi connectivity index (χ0) is 21.9. The normalized spacial score (nSPS) is 15.7. The van der Waals surface area contributed by atoms with Crippen molar-refractivity contribution in [2.45, 2.75) is 24.9 Å². The van der Waals surface area contributed by atoms with E-state index in [0.717, 1.165) is 18.1 Å². The number of aromatic nitrogens is 2. The lowest BCUT2D eigenvalue weighted by Crippen LogP contribution is -2.49. The van der Waals surface area contributed by atoms with Gasteiger partial charge in [-0.25, -0.2) is 18.4 Å². The molecule has 1 aliphatic heterocycles. The van der Waals surface area contributed by atoms with Gasteiger partial charge in [-0.05, 0) is 12.1 Å². The van der Waals surface area contributed by atoms with E-state index in [1.165, 1.54) is 16.6 Å². The molecule has 2 N–H and O–H groups in total. The molecule has 0 amide bonds. The maximum atomic E-state index is 12.7. The number of hydrogen-bond acceptors (Lipinski definition) is 4. The Kier molecular flexibility index (Phi) is 6.51. The van der Waals surface area contributed by atoms with Gasteiger partial charge in [-0.1, -0.05) is 13.8 Å². The Balaban J connectivity index is 1.64. The number of aromatic amines is 2. The van der Waals surface area contributed by atoms with Crippen LogP contribution in [0.25, 0.3) is 0 Å². The van der Waals surface area contributed by atoms with Crippen LogP contribution in [0.3, 0.4) is 0 Å². The Hall–Kier alpha value is -2.40. The monoisotopic (exact) mass is 445 g/mol. The standard InChI is InChI=1S/C19H24F3N5O2S/c1-3-27(4-2)30(28,29)16-6-8-18(24-14-16)26-11-9-25(10-12-26)17-7-5-15(13-23-17)19(20,21)22/h5-8,13-14H,3-4,9-12H2,1-2H3/p+2. The summed E-state index contributed by atoms with van der Waals surface area (Å²) in [6, 6.07) is 5.85. The molecule has 2 aromatic heterocycles. The van der Waals surface area contributed by atoms with E-state index in [-0.39, 0.29) is 4.90 Å². The molecule has 1 fully saturated rings. The van der Waals surface area contributed by atoms with E-state index in [2.05, 4.69) is 14.9 Å². The van der Waals surface area contributed by atoms with Gasteiger partial charge in [-0.15, -0.1) is 0 Å². The lowest BCUT2D eigenvalue weighted by molar-refractivity contribution is -0.369. The number of pyridine rings is 2. The second kappa shape index (κ2) is 8.76. The Morgan fingerprint density at radius 1 is 0.900 bits per heavy atom. The summed E-state index contributed by atoms with van der Waals surface area (Å²) >= 11 is 0. The average Bonchev–Trinajstić information content (AvgIpc) is 2.74. The largest absolute Gasteiger partial charge is 0.419 e. The molecule has 0 aromatic carbocycles. The third kappa shape index (κ3) is 4.67. The van der Waals surface area contributed by atoms with E-state index in [9.17, 15) is 21.6 Å². The van der Waals surface area contributed by atoms with Crippen molar-refractivity contribution in [1.82, 2.24) is 4.31 Å². The molecule has 164 valence electrons. The molecular formula is C19H26F3N5O2S+2. The summed E-state index contributed by atoms with van der Waals surface area (Å²) in [7, 11) is -3.52. The molecule has 0 radical (unpaired) electrons. The number of rotatable bonds is 6. The molecule has 0 spiro atoms. The molecule has 1 aliphatic rings. The van der Waals surface area contributed by atoms with Crippen LogP contribution in [-0.2, 0) is 16.2 Å². The van der Waals surface area contributed by atoms with E-state index in [4.69, 9.17) is 0 Å². The average molecular weight is 446 g/mol. The number of anilines is 2. The van der Waals surface area contributed by atoms with E-state index in [1.54, 1.807) is 26.0 Å². The van der Waals surface area contributed by atoms with Gasteiger partial charge in [0.05, 0.1) is 5.56 Å². The van der Waals surface area contributed by atoms with Gasteiger partial charge >= 0.3 is 6.18 Å². The first-order valence-electron chi connectivity index (χ1n) is 9.77. The lowest BCUT2D eigenvalue weighted by atomic mass is 10.2. The predicted octanol–water partition coefficient (Wildman–Crippen LogP) is 1.69. The summed E-state index contributed by atoms with van der Waals surface area (Å²) in [5.41, 5.74) is -0.709. The van der Waals surface area contributed by atoms with E-state index >= 15 is 0 Å². The Morgan fingerprint density at radius 2 is 1.40 bits per heavy atom. The van der Waals surface area contributed by atoms with Crippen molar-refractivity contribution in [2.75, 3.05) is 49.1 Å². The van der Waals surface area contributed by atoms with Gasteiger partial charge in [0.25, 0.3) is 11.6 Å². The van der Waals surface area contributed by atoms with Crippen molar-refractivity contribution in [1.29, 1.82) is 0 Å². The maximum Gasteiger partial charge on any atom is 0.419 e. The SMILES string of the molecule is CCN(CC)S(=O)(=O)c1ccc(N2CCN(c3ccc(C(F)(F)F)c[nH+]3)CC2)[nH+]c1. The Morgan fingerprint density at radius 3 is 1.77 bits per heavy atom. The third-order valence-electron chi connectivity index (χ3n) is 5.20. The minimum Gasteiger partial charge on any atom is -0.254 e. The van der Waals surface area contributed by atoms with Crippen molar-refractivity contribution in [3.05, 3.63) is 42.2 Å². The van der Waals surface area contributed by atoms with E-state index in [1.807, 2.05) is 4.90 Å². The van der Waals surface area contributed by atoms with Crippen LogP contribution in [-0.4, -0.2) is 52.0 Å². The number of nitrogens with zero attached hydrogens (tertiary/aromatic N) is 3. The summed E-state index contributed by atoms with van der Waals surface area (Å²) in [5.74, 6) is 1.43. The van der Waals surface area contributed by atoms with Gasteiger partial charge in [0.2, 0.25) is 10.0 Å². The summed E-state index contributed by atoms with van der Waals surface area (Å²) in [6.07, 6.45) is -1.89. The molecule has 2 aromatic rings. The number of alkyl halides is 3. The van der Waals surface area contributed by atoms with Crippen LogP contribution in [0.4, 0.5) is 24.8 Å². The molecule has 1 saturated heterocycles. The van der Waals surface area contributed by atoms with Gasteiger partial charge in [-0.3, -0.25) is 9.80 Å². The number of piperazine rings is 1. The van der Waals surface area contributed by atoms with Gasteiger partial charge in [0, 0.05) is 25.2 Å². The highest BCUT2D eigenvalue weighted by Gasteiger charge is 2.33. The van der Waals surface area contributed by atoms with Crippen LogP contribution < -0.4 is 19.8 Å². The minimum absolute atomic E-state index is 0.216. The topological polar surface area (TPSA) is 72.1 Å². The van der Waals surface area contributed by atoms with Crippen LogP contribution >= 0.6 is 0 Å². The summed E-state index contributed by atoms with van der Waals surface area (Å²) in [6.45, 7) is 6.94. The quantitative estimate of drug-likeness (QED) is 0.679. The van der Waals surface area contributed by atoms with Gasteiger partial charge < -0.3 is 0 Å². The van der Waals surface area contributed by atoms with Gasteiger partial charge in [-0.2, -0.15) is 17.5 Å². The van der Waals surface area contributed by atoms with Crippen molar-refractivity contribution in [2.24, 2.45) is 0 Å². The van der Waals surface area contributed by atoms with Crippen LogP contribution in [0.1, 0.15) is 19.4 Å². The molecule has 0 atom stereocenters. The second-order valence-electron chi connectivity index (χ2n) is 6.93. The van der Waals surface area contributed by atoms with Crippen LogP contribution in [0, 0.1) is 0 Å². The van der Waals surface area contributed by atoms with Crippen LogP contribution in [0.5, 0.6) is 0 Å². The molecule has 7 nitrogen and oxygen atoms in total. The molecular weight excluding hydrogens is 419 g/mol. The number of H-pyrrole nitrogens is 2. The molecule has 0 aliphatic carbocycles. The summed E-state index contributed by atoms with van der Waals surface area (Å²) < 4.78 is 64.7. The zero-order valence-corrected chi connectivity index (χ0v) is 17.7. The highest BCUT2D eigenvalue weighted by molar-refractivity contribution is 7.89. The number of sulfonamides is 1. The first-order valence-corrected chi connectivity index (χ1v) is 11.2. The van der Waals surface area contributed by atoms with Crippen molar-refractivity contribution < 1.29 is 31.6 Å². The Bertz CT molecular complexity index is 938. The third-order valence-corrected chi connectivity index (χ3v) is 7.24. The maximum absolute atomic E-state index is 12.7. The van der Waals surface area contributed by atoms with Crippen LogP contribution in [0.2, 0.25) is 0 Å². The van der Waals surface area contributed by atoms with Crippen LogP contribution in [0.15, 0.2) is 41.6 Å². The molecule has 0 unspecified atom stereocenters. The molecule has 3 heterocycles. The summed E-state index contributed by atoms with van der Waals surface area (Å²) in [5, 5.41) is 0. The number of halogens is 3. The first kappa shape index (κ1) is 22.3. The van der Waals surface area contributed by atoms with E-state index < -0.39 is 21.8 Å². The summed E-state index contributed by atoms with van der Waals surface area (Å²) in [4.78, 5) is 10.1. The molecule has 11 heteroatoms. The van der Waals surface area contributed by atoms with Crippen molar-refractivity contribution in [3.63, 3.8) is 0 Å². The Labute approximate surface area is 174 Å². The number of nitrogens with one attached hydrogen (secondary N) is 2. The minimum atomic E-state index is -4.37. The highest BCUT2D eigenvalue weighted by Crippen LogP contribution is 2.28. The molecule has 0 saturated carbocycles. The van der Waals surface area contributed by atoms with Crippen molar-refractivity contribution >= 4 is 21.7 Å². The molecule has 0 bridgehead atoms. The smallest absolute Gasteiger partial charge is 0.254 e. The lowest BCUT2D eigenvalue weighted by Gasteiger charge is -2.27. The fourth-order valence-corrected chi connectivity index (χ4v) is 4.88. The highest BCUT2D eigenvalue weighted by atomic mass is 32.2. The predicted molar refractivity (Wildman–Crippen MR) is 106 cm³/mol. The number of hydrogen-bond donors (Lipinski definition) is 0. The van der Waals surface area contributed by atoms with E-state index in [0.29, 0.717) is 45.1 Å². The van der Waals surface area contributed by atoms with Gasteiger partial charge in [0.15, 0.2) is 0 Å². The molecule has 30 heavy (non-hydrogen) atoms.